The summed E-state index contributed by atoms with van der Waals surface area (Å²) in [7, 11) is 0. The zero-order valence-electron chi connectivity index (χ0n) is 7.76. The summed E-state index contributed by atoms with van der Waals surface area (Å²) in [6.45, 7) is 6.92. The molecule has 0 aliphatic rings. The van der Waals surface area contributed by atoms with Gasteiger partial charge in [-0.25, -0.2) is 5.90 Å². The van der Waals surface area contributed by atoms with E-state index in [4.69, 9.17) is 5.90 Å². The van der Waals surface area contributed by atoms with Crippen LogP contribution < -0.4 is 5.90 Å². The molecule has 3 heteroatoms. The Balaban J connectivity index is 2.81. The topological polar surface area (TPSA) is 35.2 Å². The Bertz CT molecular complexity index is 255. The molecule has 1 rings (SSSR count). The van der Waals surface area contributed by atoms with Crippen molar-refractivity contribution in [2.24, 2.45) is 5.90 Å². The average Bonchev–Trinajstić information content (AvgIpc) is 2.36. The molecule has 1 aromatic rings. The number of hydrogen-bond acceptors (Lipinski definition) is 3. The Hall–Kier alpha value is -0.380. The van der Waals surface area contributed by atoms with E-state index in [9.17, 15) is 0 Å². The van der Waals surface area contributed by atoms with Gasteiger partial charge in [0, 0.05) is 10.3 Å². The Morgan fingerprint density at radius 2 is 2.25 bits per heavy atom. The minimum atomic E-state index is 0.0354. The monoisotopic (exact) mass is 185 g/mol. The summed E-state index contributed by atoms with van der Waals surface area (Å²) in [5.74, 6) is 5.06. The van der Waals surface area contributed by atoms with Crippen LogP contribution in [0.3, 0.4) is 0 Å². The summed E-state index contributed by atoms with van der Waals surface area (Å²) in [5, 5.41) is 2.15. The molecule has 0 amide bonds. The number of nitrogens with two attached hydrogens (primary N) is 1. The highest BCUT2D eigenvalue weighted by Crippen LogP contribution is 2.28. The lowest BCUT2D eigenvalue weighted by molar-refractivity contribution is 0.0976. The van der Waals surface area contributed by atoms with Gasteiger partial charge in [0.25, 0.3) is 0 Å². The first kappa shape index (κ1) is 9.71. The predicted molar refractivity (Wildman–Crippen MR) is 52.2 cm³/mol. The van der Waals surface area contributed by atoms with E-state index in [-0.39, 0.29) is 5.41 Å². The van der Waals surface area contributed by atoms with E-state index in [1.54, 1.807) is 11.3 Å². The van der Waals surface area contributed by atoms with Crippen LogP contribution in [0, 0.1) is 6.92 Å². The van der Waals surface area contributed by atoms with Crippen molar-refractivity contribution in [1.82, 2.24) is 0 Å². The zero-order valence-corrected chi connectivity index (χ0v) is 8.57. The molecule has 0 spiro atoms. The molecule has 0 bridgehead atoms. The summed E-state index contributed by atoms with van der Waals surface area (Å²) in [6, 6.07) is 2.18. The van der Waals surface area contributed by atoms with Gasteiger partial charge in [-0.15, -0.1) is 11.3 Å². The summed E-state index contributed by atoms with van der Waals surface area (Å²) in [5.41, 5.74) is 1.34. The minimum absolute atomic E-state index is 0.0354. The lowest BCUT2D eigenvalue weighted by Crippen LogP contribution is -2.24. The van der Waals surface area contributed by atoms with Gasteiger partial charge in [-0.3, -0.25) is 0 Å². The number of rotatable bonds is 3. The van der Waals surface area contributed by atoms with Crippen molar-refractivity contribution in [3.8, 4) is 0 Å². The standard InChI is InChI=1S/C9H15NOS/c1-7-4-8(12-5-7)9(2,3)6-11-10/h4-5H,6,10H2,1-3H3. The van der Waals surface area contributed by atoms with Crippen LogP contribution in [-0.2, 0) is 10.3 Å². The first-order valence-corrected chi connectivity index (χ1v) is 4.81. The highest BCUT2D eigenvalue weighted by atomic mass is 32.1. The maximum Gasteiger partial charge on any atom is 0.0778 e. The average molecular weight is 185 g/mol. The molecule has 2 N–H and O–H groups in total. The van der Waals surface area contributed by atoms with Crippen LogP contribution >= 0.6 is 11.3 Å². The van der Waals surface area contributed by atoms with Crippen molar-refractivity contribution < 1.29 is 4.84 Å². The van der Waals surface area contributed by atoms with Crippen LogP contribution in [0.25, 0.3) is 0 Å². The van der Waals surface area contributed by atoms with E-state index >= 15 is 0 Å². The van der Waals surface area contributed by atoms with Gasteiger partial charge in [0.2, 0.25) is 0 Å². The van der Waals surface area contributed by atoms with Crippen LogP contribution in [0.15, 0.2) is 11.4 Å². The maximum atomic E-state index is 5.06. The zero-order chi connectivity index (χ0) is 9.19. The van der Waals surface area contributed by atoms with Crippen molar-refractivity contribution in [2.45, 2.75) is 26.2 Å². The largest absolute Gasteiger partial charge is 0.304 e. The fraction of sp³-hybridized carbons (Fsp3) is 0.556. The van der Waals surface area contributed by atoms with Gasteiger partial charge in [-0.05, 0) is 23.9 Å². The van der Waals surface area contributed by atoms with Gasteiger partial charge in [0.05, 0.1) is 6.61 Å². The van der Waals surface area contributed by atoms with E-state index < -0.39 is 0 Å². The van der Waals surface area contributed by atoms with E-state index in [2.05, 4.69) is 37.1 Å². The number of aryl methyl sites for hydroxylation is 1. The third-order valence-electron chi connectivity index (χ3n) is 1.84. The summed E-state index contributed by atoms with van der Waals surface area (Å²) in [6.07, 6.45) is 0. The second-order valence-corrected chi connectivity index (χ2v) is 4.59. The van der Waals surface area contributed by atoms with Gasteiger partial charge in [-0.1, -0.05) is 13.8 Å². The molecule has 12 heavy (non-hydrogen) atoms. The molecule has 0 atom stereocenters. The van der Waals surface area contributed by atoms with Crippen LogP contribution in [0.4, 0.5) is 0 Å². The van der Waals surface area contributed by atoms with Gasteiger partial charge in [-0.2, -0.15) is 0 Å². The van der Waals surface area contributed by atoms with E-state index in [1.807, 2.05) is 0 Å². The van der Waals surface area contributed by atoms with Crippen LogP contribution in [0.1, 0.15) is 24.3 Å². The second kappa shape index (κ2) is 3.56. The van der Waals surface area contributed by atoms with E-state index in [1.165, 1.54) is 10.4 Å². The van der Waals surface area contributed by atoms with Gasteiger partial charge in [0.15, 0.2) is 0 Å². The fourth-order valence-corrected chi connectivity index (χ4v) is 2.08. The third kappa shape index (κ3) is 2.06. The molecule has 0 aromatic carbocycles. The van der Waals surface area contributed by atoms with Gasteiger partial charge < -0.3 is 4.84 Å². The summed E-state index contributed by atoms with van der Waals surface area (Å²) >= 11 is 1.76. The predicted octanol–water partition coefficient (Wildman–Crippen LogP) is 2.22. The molecule has 0 radical (unpaired) electrons. The molecule has 0 fully saturated rings. The second-order valence-electron chi connectivity index (χ2n) is 3.68. The number of hydrogen-bond donors (Lipinski definition) is 1. The quantitative estimate of drug-likeness (QED) is 0.733. The summed E-state index contributed by atoms with van der Waals surface area (Å²) < 4.78 is 0. The van der Waals surface area contributed by atoms with Crippen LogP contribution in [-0.4, -0.2) is 6.61 Å². The lowest BCUT2D eigenvalue weighted by Gasteiger charge is -2.20. The Labute approximate surface area is 77.3 Å². The number of thiophene rings is 1. The van der Waals surface area contributed by atoms with Crippen molar-refractivity contribution in [2.75, 3.05) is 6.61 Å². The lowest BCUT2D eigenvalue weighted by atomic mass is 9.92. The minimum Gasteiger partial charge on any atom is -0.304 e. The molecule has 0 saturated heterocycles. The van der Waals surface area contributed by atoms with E-state index in [0.717, 1.165) is 0 Å². The fourth-order valence-electron chi connectivity index (χ4n) is 1.07. The Kier molecular flexibility index (Phi) is 2.88. The van der Waals surface area contributed by atoms with Crippen molar-refractivity contribution in [3.05, 3.63) is 21.9 Å². The molecule has 0 aliphatic carbocycles. The van der Waals surface area contributed by atoms with Gasteiger partial charge in [0.1, 0.15) is 0 Å². The molecular weight excluding hydrogens is 170 g/mol. The normalized spacial score (nSPS) is 12.0. The van der Waals surface area contributed by atoms with Crippen molar-refractivity contribution in [1.29, 1.82) is 0 Å². The van der Waals surface area contributed by atoms with Gasteiger partial charge >= 0.3 is 0 Å². The summed E-state index contributed by atoms with van der Waals surface area (Å²) in [4.78, 5) is 6.00. The molecule has 68 valence electrons. The highest BCUT2D eigenvalue weighted by Gasteiger charge is 2.22. The maximum absolute atomic E-state index is 5.06. The molecule has 0 saturated carbocycles. The SMILES string of the molecule is Cc1csc(C(C)(C)CON)c1. The van der Waals surface area contributed by atoms with Crippen LogP contribution in [0.2, 0.25) is 0 Å². The van der Waals surface area contributed by atoms with Crippen molar-refractivity contribution in [3.63, 3.8) is 0 Å². The molecule has 2 nitrogen and oxygen atoms in total. The molecule has 0 unspecified atom stereocenters. The van der Waals surface area contributed by atoms with E-state index in [0.29, 0.717) is 6.61 Å². The first-order chi connectivity index (χ1) is 5.56. The van der Waals surface area contributed by atoms with Crippen molar-refractivity contribution >= 4 is 11.3 Å². The highest BCUT2D eigenvalue weighted by molar-refractivity contribution is 7.10. The van der Waals surface area contributed by atoms with Crippen LogP contribution in [0.5, 0.6) is 0 Å². The Morgan fingerprint density at radius 1 is 1.58 bits per heavy atom. The molecule has 1 heterocycles. The molecule has 0 aliphatic heterocycles. The third-order valence-corrected chi connectivity index (χ3v) is 3.26. The molecular formula is C9H15NOS. The first-order valence-electron chi connectivity index (χ1n) is 3.93. The Morgan fingerprint density at radius 3 is 2.67 bits per heavy atom. The smallest absolute Gasteiger partial charge is 0.0778 e. The molecule has 1 aromatic heterocycles.